The molecule has 0 fully saturated rings. The number of nitrogens with zero attached hydrogens (tertiary/aromatic N) is 1. The van der Waals surface area contributed by atoms with Crippen molar-refractivity contribution in [1.82, 2.24) is 0 Å². The van der Waals surface area contributed by atoms with Gasteiger partial charge < -0.3 is 9.15 Å². The summed E-state index contributed by atoms with van der Waals surface area (Å²) in [6, 6.07) is 17.1. The second-order valence-electron chi connectivity index (χ2n) is 8.53. The van der Waals surface area contributed by atoms with E-state index in [1.165, 1.54) is 7.11 Å². The summed E-state index contributed by atoms with van der Waals surface area (Å²) in [5.74, 6) is 0.439. The van der Waals surface area contributed by atoms with Crippen LogP contribution >= 0.6 is 23.2 Å². The zero-order valence-corrected chi connectivity index (χ0v) is 20.3. The molecule has 3 aromatic carbocycles. The zero-order chi connectivity index (χ0) is 24.1. The number of halogens is 2. The van der Waals surface area contributed by atoms with Crippen LogP contribution in [0.15, 0.2) is 69.9 Å². The predicted octanol–water partition coefficient (Wildman–Crippen LogP) is 6.98. The molecule has 2 heterocycles. The number of hydrogen-bond acceptors (Lipinski definition) is 4. The molecule has 0 aliphatic carbocycles. The lowest BCUT2D eigenvalue weighted by Crippen LogP contribution is -2.29. The third-order valence-corrected chi connectivity index (χ3v) is 6.70. The van der Waals surface area contributed by atoms with Gasteiger partial charge >= 0.3 is 0 Å². The maximum absolute atomic E-state index is 13.7. The van der Waals surface area contributed by atoms with Crippen molar-refractivity contribution in [3.63, 3.8) is 0 Å². The minimum absolute atomic E-state index is 0.0182. The number of amides is 1. The molecule has 0 N–H and O–H groups in total. The molecule has 0 radical (unpaired) electrons. The molecule has 1 unspecified atom stereocenters. The summed E-state index contributed by atoms with van der Waals surface area (Å²) in [6.07, 6.45) is 0. The normalized spacial score (nSPS) is 15.3. The number of carbonyl (C=O) groups excluding carboxylic acids is 1. The van der Waals surface area contributed by atoms with Crippen molar-refractivity contribution in [2.45, 2.75) is 25.8 Å². The highest BCUT2D eigenvalue weighted by Crippen LogP contribution is 2.43. The Labute approximate surface area is 206 Å². The summed E-state index contributed by atoms with van der Waals surface area (Å²) in [4.78, 5) is 28.9. The van der Waals surface area contributed by atoms with Crippen molar-refractivity contribution in [2.24, 2.45) is 0 Å². The van der Waals surface area contributed by atoms with Crippen LogP contribution in [0.3, 0.4) is 0 Å². The van der Waals surface area contributed by atoms with Crippen molar-refractivity contribution < 1.29 is 13.9 Å². The average molecular weight is 494 g/mol. The molecule has 1 amide bonds. The number of anilines is 1. The Bertz CT molecular complexity index is 1490. The quantitative estimate of drug-likeness (QED) is 0.307. The van der Waals surface area contributed by atoms with E-state index in [0.717, 1.165) is 11.1 Å². The highest BCUT2D eigenvalue weighted by atomic mass is 35.5. The molecule has 1 aliphatic heterocycles. The molecule has 1 aliphatic rings. The third kappa shape index (κ3) is 3.56. The average Bonchev–Trinajstić information content (AvgIpc) is 3.12. The van der Waals surface area contributed by atoms with Gasteiger partial charge in [-0.25, -0.2) is 0 Å². The number of methoxy groups -OCH3 is 1. The molecule has 1 atom stereocenters. The van der Waals surface area contributed by atoms with Crippen molar-refractivity contribution >= 4 is 45.8 Å². The van der Waals surface area contributed by atoms with Crippen molar-refractivity contribution in [1.29, 1.82) is 0 Å². The van der Waals surface area contributed by atoms with E-state index in [9.17, 15) is 9.59 Å². The summed E-state index contributed by atoms with van der Waals surface area (Å²) in [6.45, 7) is 4.22. The fourth-order valence-electron chi connectivity index (χ4n) is 4.40. The van der Waals surface area contributed by atoms with E-state index in [0.29, 0.717) is 38.4 Å². The Morgan fingerprint density at radius 3 is 2.35 bits per heavy atom. The second-order valence-corrected chi connectivity index (χ2v) is 9.38. The van der Waals surface area contributed by atoms with Crippen LogP contribution in [0.25, 0.3) is 11.0 Å². The van der Waals surface area contributed by atoms with Crippen molar-refractivity contribution in [3.8, 4) is 5.75 Å². The molecule has 0 bridgehead atoms. The zero-order valence-electron chi connectivity index (χ0n) is 18.8. The Balaban J connectivity index is 1.77. The fourth-order valence-corrected chi connectivity index (χ4v) is 4.82. The number of benzene rings is 3. The van der Waals surface area contributed by atoms with Crippen LogP contribution < -0.4 is 15.1 Å². The van der Waals surface area contributed by atoms with E-state index in [-0.39, 0.29) is 16.8 Å². The first kappa shape index (κ1) is 22.5. The smallest absolute Gasteiger partial charge is 0.295 e. The Hall–Kier alpha value is -3.28. The highest BCUT2D eigenvalue weighted by molar-refractivity contribution is 6.32. The maximum atomic E-state index is 13.7. The van der Waals surface area contributed by atoms with Gasteiger partial charge in [0.2, 0.25) is 5.76 Å². The highest BCUT2D eigenvalue weighted by Gasteiger charge is 2.43. The van der Waals surface area contributed by atoms with Crippen LogP contribution in [0.1, 0.15) is 53.1 Å². The molecular weight excluding hydrogens is 473 g/mol. The molecule has 0 spiro atoms. The molecule has 0 saturated heterocycles. The lowest BCUT2D eigenvalue weighted by molar-refractivity contribution is 0.0971. The standard InChI is InChI=1S/C27H21Cl2NO4/c1-14(2)15-4-6-16(7-5-15)24-23-25(31)19-12-17(28)8-10-21(19)34-26(23)27(32)30(24)18-9-11-22(33-3)20(29)13-18/h4-14,24H,1-3H3. The molecule has 7 heteroatoms. The maximum Gasteiger partial charge on any atom is 0.295 e. The largest absolute Gasteiger partial charge is 0.495 e. The lowest BCUT2D eigenvalue weighted by atomic mass is 9.95. The van der Waals surface area contributed by atoms with Gasteiger partial charge in [0.15, 0.2) is 5.43 Å². The van der Waals surface area contributed by atoms with E-state index in [1.54, 1.807) is 41.3 Å². The van der Waals surface area contributed by atoms with Crippen LogP contribution in [0, 0.1) is 0 Å². The minimum atomic E-state index is -0.687. The second kappa shape index (κ2) is 8.49. The van der Waals surface area contributed by atoms with Crippen LogP contribution in [-0.4, -0.2) is 13.0 Å². The number of carbonyl (C=O) groups is 1. The number of hydrogen-bond donors (Lipinski definition) is 0. The number of ether oxygens (including phenoxy) is 1. The third-order valence-electron chi connectivity index (χ3n) is 6.16. The molecule has 34 heavy (non-hydrogen) atoms. The molecular formula is C27H21Cl2NO4. The van der Waals surface area contributed by atoms with Gasteiger partial charge in [0.05, 0.1) is 29.1 Å². The Kier molecular flexibility index (Phi) is 5.62. The number of rotatable bonds is 4. The summed E-state index contributed by atoms with van der Waals surface area (Å²) in [5.41, 5.74) is 2.78. The first-order valence-electron chi connectivity index (χ1n) is 10.8. The van der Waals surface area contributed by atoms with E-state index in [1.807, 2.05) is 24.3 Å². The molecule has 5 nitrogen and oxygen atoms in total. The van der Waals surface area contributed by atoms with Crippen LogP contribution in [0.5, 0.6) is 5.75 Å². The summed E-state index contributed by atoms with van der Waals surface area (Å²) >= 11 is 12.5. The molecule has 0 saturated carbocycles. The van der Waals surface area contributed by atoms with Gasteiger partial charge in [-0.2, -0.15) is 0 Å². The van der Waals surface area contributed by atoms with Crippen LogP contribution in [0.2, 0.25) is 10.0 Å². The van der Waals surface area contributed by atoms with Crippen LogP contribution in [-0.2, 0) is 0 Å². The summed E-state index contributed by atoms with van der Waals surface area (Å²) < 4.78 is 11.2. The monoisotopic (exact) mass is 493 g/mol. The van der Waals surface area contributed by atoms with E-state index < -0.39 is 11.9 Å². The lowest BCUT2D eigenvalue weighted by Gasteiger charge is -2.26. The Morgan fingerprint density at radius 2 is 1.71 bits per heavy atom. The first-order chi connectivity index (χ1) is 16.3. The van der Waals surface area contributed by atoms with Gasteiger partial charge in [-0.3, -0.25) is 14.5 Å². The molecule has 172 valence electrons. The van der Waals surface area contributed by atoms with E-state index >= 15 is 0 Å². The summed E-state index contributed by atoms with van der Waals surface area (Å²) in [5, 5.41) is 1.10. The van der Waals surface area contributed by atoms with Gasteiger partial charge in [0.25, 0.3) is 5.91 Å². The Morgan fingerprint density at radius 1 is 0.971 bits per heavy atom. The minimum Gasteiger partial charge on any atom is -0.495 e. The SMILES string of the molecule is COc1ccc(N2C(=O)c3oc4ccc(Cl)cc4c(=O)c3C2c2ccc(C(C)C)cc2)cc1Cl. The van der Waals surface area contributed by atoms with Crippen molar-refractivity contribution in [3.05, 3.63) is 103 Å². The van der Waals surface area contributed by atoms with Gasteiger partial charge in [-0.15, -0.1) is 0 Å². The van der Waals surface area contributed by atoms with Crippen molar-refractivity contribution in [2.75, 3.05) is 12.0 Å². The van der Waals surface area contributed by atoms with Crippen LogP contribution in [0.4, 0.5) is 5.69 Å². The molecule has 1 aromatic heterocycles. The first-order valence-corrected chi connectivity index (χ1v) is 11.6. The van der Waals surface area contributed by atoms with Gasteiger partial charge in [0, 0.05) is 10.7 Å². The molecule has 4 aromatic rings. The number of fused-ring (bicyclic) bond motifs is 2. The fraction of sp³-hybridized carbons (Fsp3) is 0.185. The van der Waals surface area contributed by atoms with Gasteiger partial charge in [0.1, 0.15) is 11.3 Å². The van der Waals surface area contributed by atoms with E-state index in [2.05, 4.69) is 13.8 Å². The van der Waals surface area contributed by atoms with Gasteiger partial charge in [-0.05, 0) is 53.4 Å². The van der Waals surface area contributed by atoms with Gasteiger partial charge in [-0.1, -0.05) is 61.3 Å². The molecule has 5 rings (SSSR count). The predicted molar refractivity (Wildman–Crippen MR) is 135 cm³/mol. The van der Waals surface area contributed by atoms with E-state index in [4.69, 9.17) is 32.4 Å². The topological polar surface area (TPSA) is 59.8 Å². The summed E-state index contributed by atoms with van der Waals surface area (Å²) in [7, 11) is 1.52.